The van der Waals surface area contributed by atoms with Gasteiger partial charge >= 0.3 is 0 Å². The van der Waals surface area contributed by atoms with E-state index in [4.69, 9.17) is 10.7 Å². The van der Waals surface area contributed by atoms with Gasteiger partial charge in [-0.25, -0.2) is 4.98 Å². The molecule has 0 saturated carbocycles. The van der Waals surface area contributed by atoms with Gasteiger partial charge in [0.05, 0.1) is 5.69 Å². The first-order chi connectivity index (χ1) is 9.47. The number of nitrogens with two attached hydrogens (primary N) is 1. The maximum Gasteiger partial charge on any atom is 0.126 e. The van der Waals surface area contributed by atoms with Gasteiger partial charge in [-0.2, -0.15) is 0 Å². The highest BCUT2D eigenvalue weighted by Gasteiger charge is 2.17. The smallest absolute Gasteiger partial charge is 0.126 e. The van der Waals surface area contributed by atoms with E-state index >= 15 is 0 Å². The molecule has 0 radical (unpaired) electrons. The Labute approximate surface area is 125 Å². The van der Waals surface area contributed by atoms with E-state index in [-0.39, 0.29) is 0 Å². The van der Waals surface area contributed by atoms with E-state index in [2.05, 4.69) is 39.2 Å². The number of nitrogen functional groups attached to an aromatic ring is 1. The lowest BCUT2D eigenvalue weighted by atomic mass is 10.1. The van der Waals surface area contributed by atoms with Crippen LogP contribution in [0.3, 0.4) is 0 Å². The number of unbranched alkanes of at least 4 members (excludes halogenated alkanes) is 4. The van der Waals surface area contributed by atoms with Crippen LogP contribution in [0.2, 0.25) is 0 Å². The minimum Gasteiger partial charge on any atom is -0.384 e. The van der Waals surface area contributed by atoms with Crippen LogP contribution in [0.15, 0.2) is 0 Å². The fraction of sp³-hybridized carbons (Fsp3) is 0.824. The summed E-state index contributed by atoms with van der Waals surface area (Å²) in [7, 11) is 0. The molecule has 3 nitrogen and oxygen atoms in total. The monoisotopic (exact) mass is 279 g/mol. The number of nitrogens with zero attached hydrogens (tertiary/aromatic N) is 2. The molecule has 1 aromatic rings. The van der Waals surface area contributed by atoms with Crippen molar-refractivity contribution in [1.29, 1.82) is 0 Å². The molecule has 1 aromatic heterocycles. The number of rotatable bonds is 9. The highest BCUT2D eigenvalue weighted by Crippen LogP contribution is 2.24. The van der Waals surface area contributed by atoms with Gasteiger partial charge in [0.1, 0.15) is 11.6 Å². The molecule has 0 spiro atoms. The predicted octanol–water partition coefficient (Wildman–Crippen LogP) is 4.76. The lowest BCUT2D eigenvalue weighted by Crippen LogP contribution is -2.12. The number of imidazole rings is 1. The lowest BCUT2D eigenvalue weighted by Gasteiger charge is -2.14. The zero-order chi connectivity index (χ0) is 15.1. The van der Waals surface area contributed by atoms with Crippen molar-refractivity contribution in [3.63, 3.8) is 0 Å². The third-order valence-electron chi connectivity index (χ3n) is 3.69. The average Bonchev–Trinajstić information content (AvgIpc) is 2.67. The number of hydrogen-bond acceptors (Lipinski definition) is 2. The molecule has 0 aliphatic heterocycles. The summed E-state index contributed by atoms with van der Waals surface area (Å²) >= 11 is 0. The lowest BCUT2D eigenvalue weighted by molar-refractivity contribution is 0.502. The minimum atomic E-state index is 0.435. The van der Waals surface area contributed by atoms with Crippen molar-refractivity contribution >= 4 is 5.82 Å². The predicted molar refractivity (Wildman–Crippen MR) is 88.0 cm³/mol. The molecule has 1 heterocycles. The number of hydrogen-bond donors (Lipinski definition) is 1. The number of aromatic nitrogens is 2. The fourth-order valence-corrected chi connectivity index (χ4v) is 2.61. The maximum absolute atomic E-state index is 6.33. The Hall–Kier alpha value is -0.990. The molecule has 0 aromatic carbocycles. The van der Waals surface area contributed by atoms with Crippen molar-refractivity contribution in [1.82, 2.24) is 9.55 Å². The second-order valence-electron chi connectivity index (χ2n) is 6.63. The Kier molecular flexibility index (Phi) is 7.11. The second kappa shape index (κ2) is 8.33. The Morgan fingerprint density at radius 3 is 2.25 bits per heavy atom. The molecule has 2 N–H and O–H groups in total. The van der Waals surface area contributed by atoms with E-state index in [0.717, 1.165) is 30.3 Å². The molecule has 0 amide bonds. The summed E-state index contributed by atoms with van der Waals surface area (Å²) in [6, 6.07) is 0. The highest BCUT2D eigenvalue weighted by atomic mass is 15.1. The molecule has 1 rings (SSSR count). The Morgan fingerprint density at radius 1 is 1.05 bits per heavy atom. The van der Waals surface area contributed by atoms with Crippen LogP contribution in [0, 0.1) is 5.92 Å². The van der Waals surface area contributed by atoms with Crippen LogP contribution in [0.1, 0.15) is 84.2 Å². The summed E-state index contributed by atoms with van der Waals surface area (Å²) in [6.07, 6.45) is 7.50. The van der Waals surface area contributed by atoms with E-state index in [9.17, 15) is 0 Å². The van der Waals surface area contributed by atoms with Gasteiger partial charge in [0.15, 0.2) is 0 Å². The van der Waals surface area contributed by atoms with Gasteiger partial charge in [-0.3, -0.25) is 0 Å². The van der Waals surface area contributed by atoms with Crippen LogP contribution < -0.4 is 5.73 Å². The van der Waals surface area contributed by atoms with Gasteiger partial charge in [-0.1, -0.05) is 60.3 Å². The SMILES string of the molecule is CCCCCCCc1nc(C(C)C)n(CC(C)C)c1N. The first-order valence-corrected chi connectivity index (χ1v) is 8.32. The molecular weight excluding hydrogens is 246 g/mol. The van der Waals surface area contributed by atoms with Gasteiger partial charge in [0, 0.05) is 12.5 Å². The average molecular weight is 279 g/mol. The summed E-state index contributed by atoms with van der Waals surface area (Å²) in [6.45, 7) is 12.1. The maximum atomic E-state index is 6.33. The molecule has 116 valence electrons. The van der Waals surface area contributed by atoms with Gasteiger partial charge in [-0.05, 0) is 18.8 Å². The van der Waals surface area contributed by atoms with Gasteiger partial charge in [0.2, 0.25) is 0 Å². The highest BCUT2D eigenvalue weighted by molar-refractivity contribution is 5.39. The quantitative estimate of drug-likeness (QED) is 0.662. The largest absolute Gasteiger partial charge is 0.384 e. The topological polar surface area (TPSA) is 43.8 Å². The molecule has 0 bridgehead atoms. The Bertz CT molecular complexity index is 391. The summed E-state index contributed by atoms with van der Waals surface area (Å²) in [5.74, 6) is 3.09. The van der Waals surface area contributed by atoms with Crippen LogP contribution in [-0.2, 0) is 13.0 Å². The molecule has 0 fully saturated rings. The Morgan fingerprint density at radius 2 is 1.70 bits per heavy atom. The van der Waals surface area contributed by atoms with Gasteiger partial charge in [0.25, 0.3) is 0 Å². The van der Waals surface area contributed by atoms with E-state index in [1.54, 1.807) is 0 Å². The number of aryl methyl sites for hydroxylation is 1. The van der Waals surface area contributed by atoms with E-state index in [0.29, 0.717) is 11.8 Å². The van der Waals surface area contributed by atoms with Crippen molar-refractivity contribution in [2.24, 2.45) is 5.92 Å². The van der Waals surface area contributed by atoms with Crippen LogP contribution in [0.5, 0.6) is 0 Å². The molecule has 0 aliphatic carbocycles. The third kappa shape index (κ3) is 4.84. The van der Waals surface area contributed by atoms with Crippen LogP contribution in [0.4, 0.5) is 5.82 Å². The molecular formula is C17H33N3. The summed E-state index contributed by atoms with van der Waals surface area (Å²) in [5, 5.41) is 0. The molecule has 0 saturated heterocycles. The molecule has 0 unspecified atom stereocenters. The van der Waals surface area contributed by atoms with Crippen molar-refractivity contribution in [2.75, 3.05) is 5.73 Å². The fourth-order valence-electron chi connectivity index (χ4n) is 2.61. The molecule has 0 atom stereocenters. The normalized spacial score (nSPS) is 11.8. The van der Waals surface area contributed by atoms with Gasteiger partial charge in [-0.15, -0.1) is 0 Å². The number of anilines is 1. The molecule has 3 heteroatoms. The van der Waals surface area contributed by atoms with Crippen molar-refractivity contribution in [3.8, 4) is 0 Å². The Balaban J connectivity index is 2.71. The van der Waals surface area contributed by atoms with Crippen molar-refractivity contribution < 1.29 is 0 Å². The minimum absolute atomic E-state index is 0.435. The van der Waals surface area contributed by atoms with E-state index < -0.39 is 0 Å². The van der Waals surface area contributed by atoms with E-state index in [1.807, 2.05) is 0 Å². The zero-order valence-corrected chi connectivity index (χ0v) is 14.1. The zero-order valence-electron chi connectivity index (χ0n) is 14.1. The van der Waals surface area contributed by atoms with Crippen molar-refractivity contribution in [3.05, 3.63) is 11.5 Å². The molecule has 0 aliphatic rings. The summed E-state index contributed by atoms with van der Waals surface area (Å²) in [4.78, 5) is 4.82. The summed E-state index contributed by atoms with van der Waals surface area (Å²) in [5.41, 5.74) is 7.45. The van der Waals surface area contributed by atoms with Gasteiger partial charge < -0.3 is 10.3 Å². The van der Waals surface area contributed by atoms with Crippen LogP contribution in [-0.4, -0.2) is 9.55 Å². The van der Waals surface area contributed by atoms with Crippen LogP contribution in [0.25, 0.3) is 0 Å². The van der Waals surface area contributed by atoms with E-state index in [1.165, 1.54) is 32.1 Å². The first kappa shape index (κ1) is 17.1. The molecule has 20 heavy (non-hydrogen) atoms. The van der Waals surface area contributed by atoms with Crippen molar-refractivity contribution in [2.45, 2.75) is 85.6 Å². The first-order valence-electron chi connectivity index (χ1n) is 8.32. The standard InChI is InChI=1S/C17H33N3/c1-6-7-8-9-10-11-15-16(18)20(12-13(2)3)17(19-15)14(4)5/h13-14H,6-12,18H2,1-5H3. The van der Waals surface area contributed by atoms with Crippen LogP contribution >= 0.6 is 0 Å². The summed E-state index contributed by atoms with van der Waals surface area (Å²) < 4.78 is 2.23. The second-order valence-corrected chi connectivity index (χ2v) is 6.63. The third-order valence-corrected chi connectivity index (χ3v) is 3.69.